The van der Waals surface area contributed by atoms with Crippen molar-refractivity contribution in [3.63, 3.8) is 0 Å². The molecule has 0 radical (unpaired) electrons. The summed E-state index contributed by atoms with van der Waals surface area (Å²) < 4.78 is 8.60. The van der Waals surface area contributed by atoms with Gasteiger partial charge >= 0.3 is 0 Å². The summed E-state index contributed by atoms with van der Waals surface area (Å²) in [6.07, 6.45) is 6.15. The number of rotatable bonds is 6. The minimum atomic E-state index is -0.546. The molecular formula is C20H31N3O2. The van der Waals surface area contributed by atoms with Gasteiger partial charge in [0, 0.05) is 17.7 Å². The second kappa shape index (κ2) is 6.22. The van der Waals surface area contributed by atoms with E-state index in [1.165, 1.54) is 12.8 Å². The molecule has 5 heteroatoms. The number of nitrogen functional groups attached to an aromatic ring is 1. The van der Waals surface area contributed by atoms with Crippen LogP contribution < -0.4 is 5.73 Å². The molecule has 0 saturated heterocycles. The number of ether oxygens (including phenoxy) is 1. The number of anilines is 1. The molecule has 1 aromatic heterocycles. The van der Waals surface area contributed by atoms with Crippen molar-refractivity contribution in [2.75, 3.05) is 33.0 Å². The fourth-order valence-electron chi connectivity index (χ4n) is 4.04. The van der Waals surface area contributed by atoms with Crippen LogP contribution in [0.2, 0.25) is 0 Å². The molecule has 3 N–H and O–H groups in total. The molecule has 138 valence electrons. The smallest absolute Gasteiger partial charge is 0.116 e. The quantitative estimate of drug-likeness (QED) is 0.829. The Morgan fingerprint density at radius 1 is 1.32 bits per heavy atom. The Bertz CT molecular complexity index is 693. The number of nitrogens with zero attached hydrogens (tertiary/aromatic N) is 2. The van der Waals surface area contributed by atoms with Gasteiger partial charge in [0.1, 0.15) is 17.2 Å². The van der Waals surface area contributed by atoms with Gasteiger partial charge in [-0.3, -0.25) is 0 Å². The highest BCUT2D eigenvalue weighted by Crippen LogP contribution is 2.49. The fraction of sp³-hybridized carbons (Fsp3) is 0.600. The van der Waals surface area contributed by atoms with Crippen molar-refractivity contribution in [1.29, 1.82) is 0 Å². The Balaban J connectivity index is 1.89. The van der Waals surface area contributed by atoms with Crippen molar-refractivity contribution in [2.45, 2.75) is 45.3 Å². The van der Waals surface area contributed by atoms with E-state index in [0.29, 0.717) is 11.6 Å². The summed E-state index contributed by atoms with van der Waals surface area (Å²) in [6, 6.07) is 3.77. The third-order valence-electron chi connectivity index (χ3n) is 5.64. The zero-order valence-electron chi connectivity index (χ0n) is 16.0. The number of aliphatic hydroxyl groups is 1. The van der Waals surface area contributed by atoms with Crippen molar-refractivity contribution >= 4 is 5.82 Å². The standard InChI is InChI=1S/C20H31N3O2/c1-14-6-7-17(21)23(14)18-15(2)16(24)8-9-19(18,3)25-13-20(10-11-20)12-22(4)5/h6-9,18,24H,10-13,21H2,1-5H3. The number of aromatic nitrogens is 1. The Morgan fingerprint density at radius 3 is 2.52 bits per heavy atom. The zero-order valence-corrected chi connectivity index (χ0v) is 16.0. The van der Waals surface area contributed by atoms with E-state index in [2.05, 4.69) is 30.5 Å². The molecule has 1 heterocycles. The van der Waals surface area contributed by atoms with Gasteiger partial charge in [-0.2, -0.15) is 0 Å². The Morgan fingerprint density at radius 2 is 2.00 bits per heavy atom. The number of aliphatic hydroxyl groups excluding tert-OH is 1. The molecule has 0 spiro atoms. The number of allylic oxidation sites excluding steroid dienone is 1. The maximum Gasteiger partial charge on any atom is 0.116 e. The molecule has 5 nitrogen and oxygen atoms in total. The molecule has 3 rings (SSSR count). The van der Waals surface area contributed by atoms with Crippen molar-refractivity contribution in [3.8, 4) is 0 Å². The van der Waals surface area contributed by atoms with E-state index in [1.54, 1.807) is 6.08 Å². The topological polar surface area (TPSA) is 63.7 Å². The van der Waals surface area contributed by atoms with Crippen molar-refractivity contribution in [2.24, 2.45) is 5.41 Å². The lowest BCUT2D eigenvalue weighted by Crippen LogP contribution is -2.43. The van der Waals surface area contributed by atoms with Gasteiger partial charge in [-0.1, -0.05) is 0 Å². The monoisotopic (exact) mass is 345 g/mol. The molecule has 2 atom stereocenters. The molecule has 1 aromatic rings. The van der Waals surface area contributed by atoms with Crippen LogP contribution in [0.5, 0.6) is 0 Å². The third kappa shape index (κ3) is 3.35. The molecular weight excluding hydrogens is 314 g/mol. The van der Waals surface area contributed by atoms with E-state index in [1.807, 2.05) is 32.1 Å². The molecule has 0 aromatic carbocycles. The summed E-state index contributed by atoms with van der Waals surface area (Å²) in [5.41, 5.74) is 7.90. The highest BCUT2D eigenvalue weighted by molar-refractivity contribution is 5.42. The van der Waals surface area contributed by atoms with Crippen LogP contribution in [0.15, 0.2) is 35.6 Å². The molecule has 2 aliphatic carbocycles. The molecule has 2 aliphatic rings. The van der Waals surface area contributed by atoms with Gasteiger partial charge in [-0.25, -0.2) is 0 Å². The van der Waals surface area contributed by atoms with Crippen LogP contribution in [0.4, 0.5) is 5.82 Å². The molecule has 0 amide bonds. The fourth-order valence-corrected chi connectivity index (χ4v) is 4.04. The van der Waals surface area contributed by atoms with E-state index in [0.717, 1.165) is 24.4 Å². The summed E-state index contributed by atoms with van der Waals surface area (Å²) >= 11 is 0. The van der Waals surface area contributed by atoms with Gasteiger partial charge in [0.05, 0.1) is 12.6 Å². The minimum absolute atomic E-state index is 0.150. The van der Waals surface area contributed by atoms with Crippen LogP contribution in [0.1, 0.15) is 38.4 Å². The summed E-state index contributed by atoms with van der Waals surface area (Å²) in [6.45, 7) is 7.85. The first-order valence-electron chi connectivity index (χ1n) is 8.98. The molecule has 2 unspecified atom stereocenters. The normalized spacial score (nSPS) is 28.0. The Kier molecular flexibility index (Phi) is 4.50. The predicted octanol–water partition coefficient (Wildman–Crippen LogP) is 3.44. The molecule has 1 fully saturated rings. The van der Waals surface area contributed by atoms with E-state index < -0.39 is 5.60 Å². The minimum Gasteiger partial charge on any atom is -0.508 e. The van der Waals surface area contributed by atoms with Gasteiger partial charge < -0.3 is 25.0 Å². The highest BCUT2D eigenvalue weighted by atomic mass is 16.5. The average molecular weight is 345 g/mol. The average Bonchev–Trinajstić information content (AvgIpc) is 3.22. The Labute approximate surface area is 150 Å². The maximum absolute atomic E-state index is 10.3. The van der Waals surface area contributed by atoms with E-state index in [-0.39, 0.29) is 11.5 Å². The first kappa shape index (κ1) is 18.1. The van der Waals surface area contributed by atoms with Gasteiger partial charge in [-0.05, 0) is 77.6 Å². The lowest BCUT2D eigenvalue weighted by Gasteiger charge is -2.41. The van der Waals surface area contributed by atoms with Gasteiger partial charge in [0.15, 0.2) is 0 Å². The van der Waals surface area contributed by atoms with Gasteiger partial charge in [0.2, 0.25) is 0 Å². The van der Waals surface area contributed by atoms with Crippen molar-refractivity contribution in [1.82, 2.24) is 9.47 Å². The molecule has 1 saturated carbocycles. The number of hydrogen-bond donors (Lipinski definition) is 2. The summed E-state index contributed by atoms with van der Waals surface area (Å²) in [5, 5.41) is 10.3. The largest absolute Gasteiger partial charge is 0.508 e. The lowest BCUT2D eigenvalue weighted by molar-refractivity contribution is -0.0500. The predicted molar refractivity (Wildman–Crippen MR) is 102 cm³/mol. The van der Waals surface area contributed by atoms with E-state index in [4.69, 9.17) is 10.5 Å². The first-order chi connectivity index (χ1) is 11.7. The molecule has 0 aliphatic heterocycles. The first-order valence-corrected chi connectivity index (χ1v) is 8.98. The summed E-state index contributed by atoms with van der Waals surface area (Å²) in [4.78, 5) is 2.23. The lowest BCUT2D eigenvalue weighted by atomic mass is 9.84. The van der Waals surface area contributed by atoms with E-state index >= 15 is 0 Å². The SMILES string of the molecule is CC1=C(O)C=CC(C)(OCC2(CN(C)C)CC2)C1n1c(C)ccc1N. The van der Waals surface area contributed by atoms with Crippen LogP contribution >= 0.6 is 0 Å². The van der Waals surface area contributed by atoms with Crippen LogP contribution in [-0.2, 0) is 4.74 Å². The number of aryl methyl sites for hydroxylation is 1. The van der Waals surface area contributed by atoms with Crippen LogP contribution in [0.25, 0.3) is 0 Å². The van der Waals surface area contributed by atoms with Crippen LogP contribution in [0.3, 0.4) is 0 Å². The van der Waals surface area contributed by atoms with Crippen LogP contribution in [-0.4, -0.2) is 47.4 Å². The van der Waals surface area contributed by atoms with Crippen molar-refractivity contribution in [3.05, 3.63) is 41.3 Å². The number of nitrogens with two attached hydrogens (primary N) is 1. The summed E-state index contributed by atoms with van der Waals surface area (Å²) in [5.74, 6) is 0.988. The van der Waals surface area contributed by atoms with Crippen molar-refractivity contribution < 1.29 is 9.84 Å². The second-order valence-corrected chi connectivity index (χ2v) is 8.28. The zero-order chi connectivity index (χ0) is 18.4. The molecule has 25 heavy (non-hydrogen) atoms. The molecule has 0 bridgehead atoms. The highest BCUT2D eigenvalue weighted by Gasteiger charge is 2.47. The number of hydrogen-bond acceptors (Lipinski definition) is 4. The third-order valence-corrected chi connectivity index (χ3v) is 5.64. The van der Waals surface area contributed by atoms with Gasteiger partial charge in [-0.15, -0.1) is 0 Å². The van der Waals surface area contributed by atoms with E-state index in [9.17, 15) is 5.11 Å². The van der Waals surface area contributed by atoms with Crippen LogP contribution in [0, 0.1) is 12.3 Å². The van der Waals surface area contributed by atoms with Gasteiger partial charge in [0.25, 0.3) is 0 Å². The maximum atomic E-state index is 10.3. The second-order valence-electron chi connectivity index (χ2n) is 8.28. The summed E-state index contributed by atoms with van der Waals surface area (Å²) in [7, 11) is 4.22. The Hall–Kier alpha value is -1.72.